The zero-order valence-corrected chi connectivity index (χ0v) is 17.6. The summed E-state index contributed by atoms with van der Waals surface area (Å²) in [5.74, 6) is -0.309. The number of benzene rings is 1. The van der Waals surface area contributed by atoms with E-state index in [2.05, 4.69) is 5.32 Å². The number of esters is 1. The van der Waals surface area contributed by atoms with Crippen molar-refractivity contribution in [1.29, 1.82) is 0 Å². The Hall–Kier alpha value is -2.67. The summed E-state index contributed by atoms with van der Waals surface area (Å²) in [6, 6.07) is 9.67. The van der Waals surface area contributed by atoms with E-state index in [0.717, 1.165) is 24.0 Å². The van der Waals surface area contributed by atoms with Crippen molar-refractivity contribution in [2.24, 2.45) is 0 Å². The van der Waals surface area contributed by atoms with Crippen molar-refractivity contribution in [3.05, 3.63) is 52.4 Å². The lowest BCUT2D eigenvalue weighted by molar-refractivity contribution is -0.129. The lowest BCUT2D eigenvalue weighted by atomic mass is 10.1. The summed E-state index contributed by atoms with van der Waals surface area (Å²) < 4.78 is 5.19. The number of nitrogens with zero attached hydrogens (tertiary/aromatic N) is 1. The van der Waals surface area contributed by atoms with E-state index in [4.69, 9.17) is 4.74 Å². The zero-order chi connectivity index (χ0) is 20.8. The maximum Gasteiger partial charge on any atom is 0.341 e. The Kier molecular flexibility index (Phi) is 7.04. The number of anilines is 1. The van der Waals surface area contributed by atoms with Gasteiger partial charge in [0.1, 0.15) is 5.00 Å². The molecule has 0 bridgehead atoms. The van der Waals surface area contributed by atoms with Gasteiger partial charge in [-0.05, 0) is 42.2 Å². The number of hydrogen-bond donors (Lipinski definition) is 1. The molecule has 0 saturated heterocycles. The molecule has 1 N–H and O–H groups in total. The van der Waals surface area contributed by atoms with Crippen LogP contribution in [0.4, 0.5) is 5.00 Å². The monoisotopic (exact) mass is 414 g/mol. The van der Waals surface area contributed by atoms with Gasteiger partial charge in [-0.2, -0.15) is 0 Å². The van der Waals surface area contributed by atoms with Gasteiger partial charge in [0.15, 0.2) is 0 Å². The van der Waals surface area contributed by atoms with Crippen LogP contribution in [0, 0.1) is 0 Å². The minimum absolute atomic E-state index is 0.0824. The molecule has 29 heavy (non-hydrogen) atoms. The number of ether oxygens (including phenoxy) is 1. The first-order valence-corrected chi connectivity index (χ1v) is 10.7. The molecule has 1 heterocycles. The van der Waals surface area contributed by atoms with Crippen molar-refractivity contribution >= 4 is 34.1 Å². The summed E-state index contributed by atoms with van der Waals surface area (Å²) >= 11 is 1.36. The summed E-state index contributed by atoms with van der Waals surface area (Å²) in [7, 11) is 0. The highest BCUT2D eigenvalue weighted by Gasteiger charge is 2.32. The van der Waals surface area contributed by atoms with Crippen molar-refractivity contribution in [3.63, 3.8) is 0 Å². The molecule has 3 rings (SSSR count). The van der Waals surface area contributed by atoms with Gasteiger partial charge in [-0.3, -0.25) is 9.59 Å². The third kappa shape index (κ3) is 5.67. The standard InChI is InChI=1S/C22H26N2O4S/c1-3-28-22(27)20-18(17-9-10-17)14-29-21(20)23-19(26)11-12-24(15(2)25)13-16-7-5-4-6-8-16/h4-8,14,17H,3,9-13H2,1-2H3,(H,23,26). The Morgan fingerprint density at radius 1 is 1.21 bits per heavy atom. The highest BCUT2D eigenvalue weighted by Crippen LogP contribution is 2.46. The Morgan fingerprint density at radius 2 is 1.93 bits per heavy atom. The largest absolute Gasteiger partial charge is 0.462 e. The molecular formula is C22H26N2O4S. The topological polar surface area (TPSA) is 75.7 Å². The minimum atomic E-state index is -0.389. The van der Waals surface area contributed by atoms with Crippen LogP contribution >= 0.6 is 11.3 Å². The van der Waals surface area contributed by atoms with Gasteiger partial charge in [0.25, 0.3) is 0 Å². The summed E-state index contributed by atoms with van der Waals surface area (Å²) in [4.78, 5) is 38.5. The van der Waals surface area contributed by atoms with Gasteiger partial charge in [0, 0.05) is 26.4 Å². The van der Waals surface area contributed by atoms with Gasteiger partial charge < -0.3 is 15.0 Å². The van der Waals surface area contributed by atoms with E-state index < -0.39 is 0 Å². The van der Waals surface area contributed by atoms with Crippen LogP contribution in [0.2, 0.25) is 0 Å². The van der Waals surface area contributed by atoms with E-state index in [1.807, 2.05) is 35.7 Å². The summed E-state index contributed by atoms with van der Waals surface area (Å²) in [6.07, 6.45) is 2.28. The van der Waals surface area contributed by atoms with Crippen LogP contribution < -0.4 is 5.32 Å². The number of amides is 2. The Labute approximate surface area is 174 Å². The Morgan fingerprint density at radius 3 is 2.55 bits per heavy atom. The molecule has 7 heteroatoms. The van der Waals surface area contributed by atoms with E-state index in [1.54, 1.807) is 11.8 Å². The third-order valence-electron chi connectivity index (χ3n) is 4.84. The second kappa shape index (κ2) is 9.69. The maximum absolute atomic E-state index is 12.5. The summed E-state index contributed by atoms with van der Waals surface area (Å²) in [5.41, 5.74) is 2.47. The van der Waals surface area contributed by atoms with Crippen LogP contribution in [0.25, 0.3) is 0 Å². The number of thiophene rings is 1. The van der Waals surface area contributed by atoms with Crippen molar-refractivity contribution in [2.75, 3.05) is 18.5 Å². The zero-order valence-electron chi connectivity index (χ0n) is 16.8. The molecule has 1 aromatic heterocycles. The lowest BCUT2D eigenvalue weighted by Gasteiger charge is -2.21. The smallest absolute Gasteiger partial charge is 0.341 e. The highest BCUT2D eigenvalue weighted by molar-refractivity contribution is 7.15. The van der Waals surface area contributed by atoms with Gasteiger partial charge in [-0.1, -0.05) is 30.3 Å². The van der Waals surface area contributed by atoms with Gasteiger partial charge in [-0.15, -0.1) is 11.3 Å². The molecule has 1 aliphatic rings. The van der Waals surface area contributed by atoms with Gasteiger partial charge in [-0.25, -0.2) is 4.79 Å². The minimum Gasteiger partial charge on any atom is -0.462 e. The fourth-order valence-corrected chi connectivity index (χ4v) is 4.20. The molecule has 154 valence electrons. The Bertz CT molecular complexity index is 874. The first-order chi connectivity index (χ1) is 14.0. The molecule has 1 aliphatic carbocycles. The maximum atomic E-state index is 12.5. The molecule has 1 saturated carbocycles. The summed E-state index contributed by atoms with van der Waals surface area (Å²) in [6.45, 7) is 4.33. The van der Waals surface area contributed by atoms with Crippen molar-refractivity contribution in [1.82, 2.24) is 4.90 Å². The van der Waals surface area contributed by atoms with Gasteiger partial charge >= 0.3 is 5.97 Å². The SMILES string of the molecule is CCOC(=O)c1c(C2CC2)csc1NC(=O)CCN(Cc1ccccc1)C(C)=O. The molecule has 1 fully saturated rings. The first-order valence-electron chi connectivity index (χ1n) is 9.87. The quantitative estimate of drug-likeness (QED) is 0.625. The van der Waals surface area contributed by atoms with Crippen LogP contribution in [0.1, 0.15) is 60.5 Å². The average molecular weight is 415 g/mol. The van der Waals surface area contributed by atoms with Crippen LogP contribution in [0.3, 0.4) is 0 Å². The predicted octanol–water partition coefficient (Wildman–Crippen LogP) is 4.18. The molecule has 6 nitrogen and oxygen atoms in total. The van der Waals surface area contributed by atoms with Gasteiger partial charge in [0.05, 0.1) is 12.2 Å². The normalized spacial score (nSPS) is 13.0. The van der Waals surface area contributed by atoms with E-state index in [9.17, 15) is 14.4 Å². The number of hydrogen-bond acceptors (Lipinski definition) is 5. The van der Waals surface area contributed by atoms with Gasteiger partial charge in [0.2, 0.25) is 11.8 Å². The van der Waals surface area contributed by atoms with E-state index >= 15 is 0 Å². The molecule has 2 amide bonds. The van der Waals surface area contributed by atoms with Crippen LogP contribution in [0.15, 0.2) is 35.7 Å². The second-order valence-corrected chi connectivity index (χ2v) is 7.99. The molecule has 0 unspecified atom stereocenters. The summed E-state index contributed by atoms with van der Waals surface area (Å²) in [5, 5.41) is 5.33. The average Bonchev–Trinajstić information content (AvgIpc) is 3.46. The fraction of sp³-hybridized carbons (Fsp3) is 0.409. The lowest BCUT2D eigenvalue weighted by Crippen LogP contribution is -2.31. The second-order valence-electron chi connectivity index (χ2n) is 7.11. The molecule has 0 spiro atoms. The molecule has 1 aromatic carbocycles. The molecule has 2 aromatic rings. The van der Waals surface area contributed by atoms with E-state index in [0.29, 0.717) is 36.2 Å². The Balaban J connectivity index is 1.62. The number of carbonyl (C=O) groups excluding carboxylic acids is 3. The number of nitrogens with one attached hydrogen (secondary N) is 1. The van der Waals surface area contributed by atoms with Crippen molar-refractivity contribution in [3.8, 4) is 0 Å². The van der Waals surface area contributed by atoms with E-state index in [-0.39, 0.29) is 24.2 Å². The van der Waals surface area contributed by atoms with E-state index in [1.165, 1.54) is 18.3 Å². The third-order valence-corrected chi connectivity index (χ3v) is 5.75. The number of rotatable bonds is 9. The molecule has 0 atom stereocenters. The number of carbonyl (C=O) groups is 3. The van der Waals surface area contributed by atoms with Crippen LogP contribution in [-0.2, 0) is 20.9 Å². The highest BCUT2D eigenvalue weighted by atomic mass is 32.1. The van der Waals surface area contributed by atoms with Crippen LogP contribution in [-0.4, -0.2) is 35.8 Å². The first kappa shape index (κ1) is 21.0. The van der Waals surface area contributed by atoms with Crippen molar-refractivity contribution < 1.29 is 19.1 Å². The molecule has 0 radical (unpaired) electrons. The van der Waals surface area contributed by atoms with Crippen LogP contribution in [0.5, 0.6) is 0 Å². The van der Waals surface area contributed by atoms with Crippen molar-refractivity contribution in [2.45, 2.75) is 45.6 Å². The fourth-order valence-electron chi connectivity index (χ4n) is 3.15. The predicted molar refractivity (Wildman–Crippen MR) is 113 cm³/mol. The molecular weight excluding hydrogens is 388 g/mol. The molecule has 0 aliphatic heterocycles.